The molecule has 2 aromatic carbocycles. The number of hydrogen-bond acceptors (Lipinski definition) is 3. The molecule has 2 aromatic heterocycles. The summed E-state index contributed by atoms with van der Waals surface area (Å²) in [5.74, 6) is 0.195. The molecule has 0 radical (unpaired) electrons. The molecule has 1 fully saturated rings. The van der Waals surface area contributed by atoms with Crippen LogP contribution in [0, 0.1) is 0 Å². The Bertz CT molecular complexity index is 1280. The maximum Gasteiger partial charge on any atom is 0.174 e. The Kier molecular flexibility index (Phi) is 5.51. The van der Waals surface area contributed by atoms with Gasteiger partial charge in [-0.3, -0.25) is 4.98 Å². The van der Waals surface area contributed by atoms with Crippen molar-refractivity contribution in [1.29, 1.82) is 0 Å². The Morgan fingerprint density at radius 1 is 0.969 bits per heavy atom. The number of halogens is 2. The largest absolute Gasteiger partial charge is 0.508 e. The van der Waals surface area contributed by atoms with Gasteiger partial charge in [0.25, 0.3) is 0 Å². The molecule has 1 saturated heterocycles. The van der Waals surface area contributed by atoms with Gasteiger partial charge in [0.05, 0.1) is 22.4 Å². The minimum Gasteiger partial charge on any atom is -0.508 e. The zero-order valence-corrected chi connectivity index (χ0v) is 19.0. The SMILES string of the molecule is Oc1ccc(N2C(=S)NC(c3ccccn3)C2c2cccn2-c2ccc(Cl)cc2Cl)cc1. The molecule has 0 saturated carbocycles. The van der Waals surface area contributed by atoms with Crippen molar-refractivity contribution in [3.8, 4) is 11.4 Å². The van der Waals surface area contributed by atoms with Crippen LogP contribution in [-0.2, 0) is 0 Å². The smallest absolute Gasteiger partial charge is 0.174 e. The second kappa shape index (κ2) is 8.47. The molecule has 2 N–H and O–H groups in total. The number of aromatic hydroxyl groups is 1. The number of nitrogens with zero attached hydrogens (tertiary/aromatic N) is 3. The van der Waals surface area contributed by atoms with Gasteiger partial charge in [0.15, 0.2) is 5.11 Å². The molecular weight excluding hydrogens is 463 g/mol. The lowest BCUT2D eigenvalue weighted by Gasteiger charge is -2.29. The van der Waals surface area contributed by atoms with Crippen LogP contribution in [0.1, 0.15) is 23.5 Å². The van der Waals surface area contributed by atoms with E-state index in [1.54, 1.807) is 24.4 Å². The van der Waals surface area contributed by atoms with Gasteiger partial charge < -0.3 is 19.9 Å². The van der Waals surface area contributed by atoms with Crippen LogP contribution in [0.15, 0.2) is 85.2 Å². The highest BCUT2D eigenvalue weighted by molar-refractivity contribution is 7.80. The average molecular weight is 481 g/mol. The summed E-state index contributed by atoms with van der Waals surface area (Å²) in [6, 6.07) is 21.9. The fourth-order valence-electron chi connectivity index (χ4n) is 4.08. The third-order valence-electron chi connectivity index (χ3n) is 5.48. The first-order valence-electron chi connectivity index (χ1n) is 9.95. The Morgan fingerprint density at radius 2 is 1.78 bits per heavy atom. The van der Waals surface area contributed by atoms with Gasteiger partial charge in [0.1, 0.15) is 11.8 Å². The molecule has 0 spiro atoms. The molecule has 2 unspecified atom stereocenters. The molecule has 5 nitrogen and oxygen atoms in total. The Balaban J connectivity index is 1.68. The number of phenolic OH excluding ortho intramolecular Hbond substituents is 1. The number of anilines is 1. The molecular formula is C24H18Cl2N4OS. The molecule has 160 valence electrons. The predicted octanol–water partition coefficient (Wildman–Crippen LogP) is 6.06. The summed E-state index contributed by atoms with van der Waals surface area (Å²) in [5, 5.41) is 14.9. The Labute approximate surface area is 200 Å². The van der Waals surface area contributed by atoms with E-state index >= 15 is 0 Å². The third-order valence-corrected chi connectivity index (χ3v) is 6.33. The van der Waals surface area contributed by atoms with Gasteiger partial charge >= 0.3 is 0 Å². The van der Waals surface area contributed by atoms with Crippen LogP contribution in [0.2, 0.25) is 10.0 Å². The van der Waals surface area contributed by atoms with E-state index in [1.807, 2.05) is 64.2 Å². The van der Waals surface area contributed by atoms with Crippen molar-refractivity contribution in [2.45, 2.75) is 12.1 Å². The number of nitrogens with one attached hydrogen (secondary N) is 1. The second-order valence-corrected chi connectivity index (χ2v) is 8.64. The summed E-state index contributed by atoms with van der Waals surface area (Å²) >= 11 is 18.4. The topological polar surface area (TPSA) is 53.3 Å². The zero-order chi connectivity index (χ0) is 22.2. The molecule has 32 heavy (non-hydrogen) atoms. The monoisotopic (exact) mass is 480 g/mol. The summed E-state index contributed by atoms with van der Waals surface area (Å²) in [6.45, 7) is 0. The number of aromatic nitrogens is 2. The first kappa shape index (κ1) is 20.8. The number of rotatable bonds is 4. The third kappa shape index (κ3) is 3.71. The lowest BCUT2D eigenvalue weighted by atomic mass is 10.0. The molecule has 0 bridgehead atoms. The van der Waals surface area contributed by atoms with Crippen molar-refractivity contribution in [1.82, 2.24) is 14.9 Å². The van der Waals surface area contributed by atoms with E-state index in [0.717, 1.165) is 22.8 Å². The fourth-order valence-corrected chi connectivity index (χ4v) is 4.92. The molecule has 4 aromatic rings. The van der Waals surface area contributed by atoms with Crippen LogP contribution in [0.5, 0.6) is 5.75 Å². The van der Waals surface area contributed by atoms with Crippen LogP contribution in [0.4, 0.5) is 5.69 Å². The molecule has 1 aliphatic rings. The average Bonchev–Trinajstić information content (AvgIpc) is 3.39. The Hall–Kier alpha value is -3.06. The van der Waals surface area contributed by atoms with Gasteiger partial charge in [0.2, 0.25) is 0 Å². The van der Waals surface area contributed by atoms with E-state index in [-0.39, 0.29) is 17.8 Å². The van der Waals surface area contributed by atoms with Gasteiger partial charge in [-0.2, -0.15) is 0 Å². The van der Waals surface area contributed by atoms with E-state index in [2.05, 4.69) is 16.4 Å². The lowest BCUT2D eigenvalue weighted by molar-refractivity contribution is 0.475. The number of pyridine rings is 1. The van der Waals surface area contributed by atoms with Gasteiger partial charge in [-0.1, -0.05) is 29.3 Å². The summed E-state index contributed by atoms with van der Waals surface area (Å²) in [7, 11) is 0. The fraction of sp³-hybridized carbons (Fsp3) is 0.0833. The van der Waals surface area contributed by atoms with Crippen molar-refractivity contribution < 1.29 is 5.11 Å². The zero-order valence-electron chi connectivity index (χ0n) is 16.7. The summed E-state index contributed by atoms with van der Waals surface area (Å²) in [6.07, 6.45) is 3.74. The standard InChI is InChI=1S/C24H18Cl2N4OS/c25-15-6-11-20(18(26)14-15)29-13-3-5-21(29)23-22(19-4-1-2-12-27-19)28-24(32)30(23)16-7-9-17(31)10-8-16/h1-14,22-23,31H,(H,28,32). The van der Waals surface area contributed by atoms with Crippen LogP contribution in [-0.4, -0.2) is 19.8 Å². The van der Waals surface area contributed by atoms with Crippen molar-refractivity contribution in [2.24, 2.45) is 0 Å². The highest BCUT2D eigenvalue weighted by Gasteiger charge is 2.42. The summed E-state index contributed by atoms with van der Waals surface area (Å²) in [4.78, 5) is 6.63. The van der Waals surface area contributed by atoms with Crippen molar-refractivity contribution in [3.05, 3.63) is 107 Å². The summed E-state index contributed by atoms with van der Waals surface area (Å²) in [5.41, 5.74) is 3.53. The normalized spacial score (nSPS) is 18.1. The molecule has 0 amide bonds. The first-order valence-corrected chi connectivity index (χ1v) is 11.1. The molecule has 3 heterocycles. The number of phenols is 1. The van der Waals surface area contributed by atoms with Crippen LogP contribution < -0.4 is 10.2 Å². The maximum atomic E-state index is 9.78. The number of thiocarbonyl (C=S) groups is 1. The number of hydrogen-bond donors (Lipinski definition) is 2. The minimum absolute atomic E-state index is 0.195. The highest BCUT2D eigenvalue weighted by Crippen LogP contribution is 2.43. The molecule has 0 aliphatic carbocycles. The van der Waals surface area contributed by atoms with Crippen LogP contribution in [0.25, 0.3) is 5.69 Å². The van der Waals surface area contributed by atoms with Gasteiger partial charge in [-0.25, -0.2) is 0 Å². The summed E-state index contributed by atoms with van der Waals surface area (Å²) < 4.78 is 2.04. The van der Waals surface area contributed by atoms with E-state index in [9.17, 15) is 5.11 Å². The maximum absolute atomic E-state index is 9.78. The predicted molar refractivity (Wildman–Crippen MR) is 132 cm³/mol. The highest BCUT2D eigenvalue weighted by atomic mass is 35.5. The van der Waals surface area contributed by atoms with Crippen LogP contribution in [0.3, 0.4) is 0 Å². The lowest BCUT2D eigenvalue weighted by Crippen LogP contribution is -2.30. The van der Waals surface area contributed by atoms with E-state index in [4.69, 9.17) is 35.4 Å². The van der Waals surface area contributed by atoms with Gasteiger partial charge in [-0.05, 0) is 78.9 Å². The van der Waals surface area contributed by atoms with Gasteiger partial charge in [0, 0.05) is 28.8 Å². The van der Waals surface area contributed by atoms with Crippen molar-refractivity contribution >= 4 is 46.2 Å². The molecule has 2 atom stereocenters. The quantitative estimate of drug-likeness (QED) is 0.347. The Morgan fingerprint density at radius 3 is 2.50 bits per heavy atom. The van der Waals surface area contributed by atoms with Crippen molar-refractivity contribution in [3.63, 3.8) is 0 Å². The number of benzene rings is 2. The van der Waals surface area contributed by atoms with Crippen molar-refractivity contribution in [2.75, 3.05) is 4.90 Å². The first-order chi connectivity index (χ1) is 15.5. The van der Waals surface area contributed by atoms with Gasteiger partial charge in [-0.15, -0.1) is 0 Å². The van der Waals surface area contributed by atoms with Crippen LogP contribution >= 0.6 is 35.4 Å². The molecule has 5 rings (SSSR count). The van der Waals surface area contributed by atoms with E-state index in [1.165, 1.54) is 0 Å². The second-order valence-electron chi connectivity index (χ2n) is 7.41. The molecule has 8 heteroatoms. The van der Waals surface area contributed by atoms with E-state index < -0.39 is 0 Å². The minimum atomic E-state index is -0.219. The molecule has 1 aliphatic heterocycles. The van der Waals surface area contributed by atoms with E-state index in [0.29, 0.717) is 15.2 Å².